The Labute approximate surface area is 161 Å². The maximum Gasteiger partial charge on any atom is 0.241 e. The maximum absolute atomic E-state index is 13.4. The fourth-order valence-corrected chi connectivity index (χ4v) is 7.64. The molecule has 5 atom stereocenters. The monoisotopic (exact) mass is 372 g/mol. The molecule has 4 bridgehead atoms. The topological polar surface area (TPSA) is 93.6 Å². The first kappa shape index (κ1) is 17.9. The zero-order chi connectivity index (χ0) is 18.8. The van der Waals surface area contributed by atoms with Gasteiger partial charge in [-0.1, -0.05) is 0 Å². The minimum absolute atomic E-state index is 0.0474. The minimum Gasteiger partial charge on any atom is -0.390 e. The molecule has 2 heterocycles. The van der Waals surface area contributed by atoms with E-state index in [0.717, 1.165) is 45.2 Å². The smallest absolute Gasteiger partial charge is 0.241 e. The number of nitriles is 1. The number of amides is 1. The van der Waals surface area contributed by atoms with Crippen LogP contribution in [0.5, 0.6) is 0 Å². The Morgan fingerprint density at radius 2 is 1.81 bits per heavy atom. The van der Waals surface area contributed by atoms with Crippen molar-refractivity contribution in [2.45, 2.75) is 81.5 Å². The van der Waals surface area contributed by atoms with Crippen molar-refractivity contribution < 1.29 is 9.90 Å². The molecule has 2 aliphatic heterocycles. The van der Waals surface area contributed by atoms with Crippen LogP contribution in [0.4, 0.5) is 0 Å². The lowest BCUT2D eigenvalue weighted by Crippen LogP contribution is -2.64. The van der Waals surface area contributed by atoms with Crippen LogP contribution in [0.2, 0.25) is 0 Å². The standard InChI is InChI=1S/C21H32N4O2/c22-11-16-6-17(24-3-1-2-4-24)12-25(16)19(26)18(23)20-7-14-5-15(8-20)10-21(27,9-14)13-20/h14-18,27H,1-10,12-13,23H2/t14?,15?,16-,17-,18+,20?,21?/m0/s1. The lowest BCUT2D eigenvalue weighted by Gasteiger charge is -2.61. The van der Waals surface area contributed by atoms with Gasteiger partial charge in [0, 0.05) is 12.6 Å². The molecular formula is C21H32N4O2. The van der Waals surface area contributed by atoms with E-state index in [0.29, 0.717) is 30.8 Å². The van der Waals surface area contributed by atoms with Crippen molar-refractivity contribution in [1.29, 1.82) is 5.26 Å². The normalized spacial score (nSPS) is 47.4. The van der Waals surface area contributed by atoms with Crippen LogP contribution in [0.25, 0.3) is 0 Å². The molecule has 0 radical (unpaired) electrons. The van der Waals surface area contributed by atoms with Crippen LogP contribution in [0.3, 0.4) is 0 Å². The van der Waals surface area contributed by atoms with Gasteiger partial charge in [0.1, 0.15) is 6.04 Å². The molecule has 4 aliphatic carbocycles. The predicted molar refractivity (Wildman–Crippen MR) is 100 cm³/mol. The molecular weight excluding hydrogens is 340 g/mol. The van der Waals surface area contributed by atoms with Crippen molar-refractivity contribution in [1.82, 2.24) is 9.80 Å². The lowest BCUT2D eigenvalue weighted by atomic mass is 9.46. The highest BCUT2D eigenvalue weighted by molar-refractivity contribution is 5.83. The van der Waals surface area contributed by atoms with Crippen molar-refractivity contribution >= 4 is 5.91 Å². The highest BCUT2D eigenvalue weighted by atomic mass is 16.3. The van der Waals surface area contributed by atoms with E-state index in [1.165, 1.54) is 19.3 Å². The number of carbonyl (C=O) groups is 1. The number of nitrogens with zero attached hydrogens (tertiary/aromatic N) is 3. The zero-order valence-corrected chi connectivity index (χ0v) is 16.1. The molecule has 6 fully saturated rings. The highest BCUT2D eigenvalue weighted by Gasteiger charge is 2.61. The quantitative estimate of drug-likeness (QED) is 0.777. The van der Waals surface area contributed by atoms with E-state index in [1.807, 2.05) is 0 Å². The molecule has 27 heavy (non-hydrogen) atoms. The number of nitrogens with two attached hydrogens (primary N) is 1. The Morgan fingerprint density at radius 3 is 2.41 bits per heavy atom. The summed E-state index contributed by atoms with van der Waals surface area (Å²) in [4.78, 5) is 17.7. The second kappa shape index (κ2) is 6.17. The van der Waals surface area contributed by atoms with Crippen LogP contribution in [-0.4, -0.2) is 64.2 Å². The predicted octanol–water partition coefficient (Wildman–Crippen LogP) is 1.23. The van der Waals surface area contributed by atoms with E-state index >= 15 is 0 Å². The summed E-state index contributed by atoms with van der Waals surface area (Å²) in [5.74, 6) is 0.976. The molecule has 148 valence electrons. The van der Waals surface area contributed by atoms with E-state index in [9.17, 15) is 15.2 Å². The average Bonchev–Trinajstić information content (AvgIpc) is 3.27. The molecule has 2 unspecified atom stereocenters. The van der Waals surface area contributed by atoms with Crippen LogP contribution in [-0.2, 0) is 4.79 Å². The summed E-state index contributed by atoms with van der Waals surface area (Å²) < 4.78 is 0. The van der Waals surface area contributed by atoms with E-state index < -0.39 is 11.6 Å². The van der Waals surface area contributed by atoms with Gasteiger partial charge in [-0.25, -0.2) is 0 Å². The van der Waals surface area contributed by atoms with Gasteiger partial charge in [0.2, 0.25) is 5.91 Å². The number of aliphatic hydroxyl groups is 1. The summed E-state index contributed by atoms with van der Waals surface area (Å²) in [6.07, 6.45) is 8.74. The van der Waals surface area contributed by atoms with Gasteiger partial charge in [0.15, 0.2) is 0 Å². The Morgan fingerprint density at radius 1 is 1.15 bits per heavy atom. The van der Waals surface area contributed by atoms with Crippen molar-refractivity contribution in [3.63, 3.8) is 0 Å². The lowest BCUT2D eigenvalue weighted by molar-refractivity contribution is -0.177. The van der Waals surface area contributed by atoms with Crippen LogP contribution in [0, 0.1) is 28.6 Å². The molecule has 2 saturated heterocycles. The highest BCUT2D eigenvalue weighted by Crippen LogP contribution is 2.62. The minimum atomic E-state index is -0.611. The molecule has 4 saturated carbocycles. The molecule has 0 aromatic rings. The van der Waals surface area contributed by atoms with Crippen LogP contribution < -0.4 is 5.73 Å². The SMILES string of the molecule is N#C[C@@H]1C[C@H](N2CCCC2)CN1C(=O)[C@@H](N)C12CC3CC(CC(O)(C3)C1)C2. The Kier molecular flexibility index (Phi) is 4.09. The molecule has 0 aromatic carbocycles. The summed E-state index contributed by atoms with van der Waals surface area (Å²) in [7, 11) is 0. The number of carbonyl (C=O) groups excluding carboxylic acids is 1. The van der Waals surface area contributed by atoms with Crippen LogP contribution in [0.15, 0.2) is 0 Å². The summed E-state index contributed by atoms with van der Waals surface area (Å²) in [5.41, 5.74) is 5.77. The Bertz CT molecular complexity index is 654. The second-order valence-corrected chi connectivity index (χ2v) is 10.3. The van der Waals surface area contributed by atoms with Gasteiger partial charge in [0.25, 0.3) is 0 Å². The average molecular weight is 373 g/mol. The first-order chi connectivity index (χ1) is 12.9. The van der Waals surface area contributed by atoms with Gasteiger partial charge in [-0.15, -0.1) is 0 Å². The summed E-state index contributed by atoms with van der Waals surface area (Å²) in [5, 5.41) is 20.7. The molecule has 6 heteroatoms. The Hall–Kier alpha value is -1.16. The van der Waals surface area contributed by atoms with Gasteiger partial charge in [-0.3, -0.25) is 9.69 Å². The van der Waals surface area contributed by atoms with Gasteiger partial charge < -0.3 is 15.7 Å². The molecule has 6 rings (SSSR count). The van der Waals surface area contributed by atoms with Gasteiger partial charge in [0.05, 0.1) is 17.7 Å². The van der Waals surface area contributed by atoms with Crippen molar-refractivity contribution in [2.24, 2.45) is 23.0 Å². The van der Waals surface area contributed by atoms with Crippen LogP contribution >= 0.6 is 0 Å². The summed E-state index contributed by atoms with van der Waals surface area (Å²) in [6.45, 7) is 2.80. The van der Waals surface area contributed by atoms with Crippen molar-refractivity contribution in [2.75, 3.05) is 19.6 Å². The first-order valence-electron chi connectivity index (χ1n) is 10.8. The largest absolute Gasteiger partial charge is 0.390 e. The second-order valence-electron chi connectivity index (χ2n) is 10.3. The third kappa shape index (κ3) is 2.82. The van der Waals surface area contributed by atoms with E-state index in [2.05, 4.69) is 11.0 Å². The maximum atomic E-state index is 13.4. The summed E-state index contributed by atoms with van der Waals surface area (Å²) in [6, 6.07) is 1.72. The molecule has 6 nitrogen and oxygen atoms in total. The van der Waals surface area contributed by atoms with Gasteiger partial charge in [-0.2, -0.15) is 5.26 Å². The van der Waals surface area contributed by atoms with E-state index in [1.54, 1.807) is 4.90 Å². The molecule has 0 aromatic heterocycles. The third-order valence-corrected chi connectivity index (χ3v) is 8.37. The van der Waals surface area contributed by atoms with Gasteiger partial charge >= 0.3 is 0 Å². The number of hydrogen-bond acceptors (Lipinski definition) is 5. The Balaban J connectivity index is 1.35. The van der Waals surface area contributed by atoms with E-state index in [-0.39, 0.29) is 17.4 Å². The number of rotatable bonds is 3. The van der Waals surface area contributed by atoms with Crippen molar-refractivity contribution in [3.05, 3.63) is 0 Å². The van der Waals surface area contributed by atoms with E-state index in [4.69, 9.17) is 5.73 Å². The third-order valence-electron chi connectivity index (χ3n) is 8.37. The fraction of sp³-hybridized carbons (Fsp3) is 0.905. The van der Waals surface area contributed by atoms with Crippen molar-refractivity contribution in [3.8, 4) is 6.07 Å². The summed E-state index contributed by atoms with van der Waals surface area (Å²) >= 11 is 0. The number of hydrogen-bond donors (Lipinski definition) is 2. The molecule has 0 spiro atoms. The van der Waals surface area contributed by atoms with Gasteiger partial charge in [-0.05, 0) is 88.1 Å². The molecule has 6 aliphatic rings. The fourth-order valence-electron chi connectivity index (χ4n) is 7.64. The molecule has 3 N–H and O–H groups in total. The molecule has 1 amide bonds. The van der Waals surface area contributed by atoms with Crippen LogP contribution in [0.1, 0.15) is 57.8 Å². The zero-order valence-electron chi connectivity index (χ0n) is 16.1. The number of likely N-dealkylation sites (tertiary alicyclic amines) is 2. The first-order valence-corrected chi connectivity index (χ1v) is 10.8.